The van der Waals surface area contributed by atoms with E-state index < -0.39 is 15.8 Å². The second kappa shape index (κ2) is 5.80. The Morgan fingerprint density at radius 2 is 2.15 bits per heavy atom. The maximum Gasteiger partial charge on any atom is 0.305 e. The number of para-hydroxylation sites is 1. The van der Waals surface area contributed by atoms with E-state index in [1.807, 2.05) is 4.90 Å². The Morgan fingerprint density at radius 3 is 2.80 bits per heavy atom. The van der Waals surface area contributed by atoms with Crippen molar-refractivity contribution in [1.82, 2.24) is 0 Å². The van der Waals surface area contributed by atoms with Crippen molar-refractivity contribution >= 4 is 21.5 Å². The van der Waals surface area contributed by atoms with Crippen LogP contribution in [0, 0.1) is 0 Å². The highest BCUT2D eigenvalue weighted by Gasteiger charge is 2.28. The Kier molecular flexibility index (Phi) is 4.29. The van der Waals surface area contributed by atoms with Crippen LogP contribution in [0.3, 0.4) is 0 Å². The molecule has 0 bridgehead atoms. The summed E-state index contributed by atoms with van der Waals surface area (Å²) in [4.78, 5) is 13.0. The zero-order valence-corrected chi connectivity index (χ0v) is 12.0. The average Bonchev–Trinajstić information content (AvgIpc) is 2.38. The smallest absolute Gasteiger partial charge is 0.305 e. The minimum absolute atomic E-state index is 0.0852. The van der Waals surface area contributed by atoms with E-state index >= 15 is 0 Å². The van der Waals surface area contributed by atoms with Crippen molar-refractivity contribution < 1.29 is 23.1 Å². The van der Waals surface area contributed by atoms with E-state index in [0.717, 1.165) is 6.26 Å². The zero-order valence-electron chi connectivity index (χ0n) is 11.2. The van der Waals surface area contributed by atoms with Crippen LogP contribution in [0.2, 0.25) is 0 Å². The van der Waals surface area contributed by atoms with Gasteiger partial charge in [-0.15, -0.1) is 0 Å². The molecule has 1 aliphatic rings. The fraction of sp³-hybridized carbons (Fsp3) is 0.462. The van der Waals surface area contributed by atoms with Gasteiger partial charge in [-0.25, -0.2) is 8.42 Å². The number of carboxylic acids is 1. The molecule has 110 valence electrons. The van der Waals surface area contributed by atoms with Crippen LogP contribution < -0.4 is 4.90 Å². The number of nitrogens with zero attached hydrogens (tertiary/aromatic N) is 1. The van der Waals surface area contributed by atoms with Crippen LogP contribution in [-0.2, 0) is 19.4 Å². The molecule has 1 fully saturated rings. The van der Waals surface area contributed by atoms with E-state index in [-0.39, 0.29) is 24.0 Å². The van der Waals surface area contributed by atoms with Gasteiger partial charge < -0.3 is 14.7 Å². The molecule has 1 atom stereocenters. The maximum atomic E-state index is 11.9. The first kappa shape index (κ1) is 14.8. The molecule has 6 nitrogen and oxygen atoms in total. The lowest BCUT2D eigenvalue weighted by Gasteiger charge is -2.37. The molecule has 7 heteroatoms. The summed E-state index contributed by atoms with van der Waals surface area (Å²) in [6, 6.07) is 6.29. The van der Waals surface area contributed by atoms with Gasteiger partial charge in [0.25, 0.3) is 0 Å². The molecule has 0 spiro atoms. The van der Waals surface area contributed by atoms with Crippen molar-refractivity contribution in [2.75, 3.05) is 30.9 Å². The third-order valence-corrected chi connectivity index (χ3v) is 4.36. The summed E-state index contributed by atoms with van der Waals surface area (Å²) >= 11 is 0. The minimum atomic E-state index is -3.36. The van der Waals surface area contributed by atoms with Crippen LogP contribution >= 0.6 is 0 Å². The number of aliphatic carboxylic acids is 1. The SMILES string of the molecule is CS(=O)(=O)c1ccccc1N1CCOCC1CC(=O)O. The molecule has 1 saturated heterocycles. The number of sulfone groups is 1. The van der Waals surface area contributed by atoms with Crippen LogP contribution in [0.5, 0.6) is 0 Å². The highest BCUT2D eigenvalue weighted by Crippen LogP contribution is 2.28. The lowest BCUT2D eigenvalue weighted by atomic mass is 10.1. The summed E-state index contributed by atoms with van der Waals surface area (Å²) in [5.74, 6) is -0.928. The summed E-state index contributed by atoms with van der Waals surface area (Å²) in [6.45, 7) is 1.21. The lowest BCUT2D eigenvalue weighted by Crippen LogP contribution is -2.47. The zero-order chi connectivity index (χ0) is 14.8. The van der Waals surface area contributed by atoms with Gasteiger partial charge in [0.15, 0.2) is 9.84 Å². The largest absolute Gasteiger partial charge is 0.481 e. The average molecular weight is 299 g/mol. The second-order valence-electron chi connectivity index (χ2n) is 4.76. The highest BCUT2D eigenvalue weighted by molar-refractivity contribution is 7.90. The van der Waals surface area contributed by atoms with E-state index in [4.69, 9.17) is 9.84 Å². The lowest BCUT2D eigenvalue weighted by molar-refractivity contribution is -0.138. The summed E-state index contributed by atoms with van der Waals surface area (Å²) in [5, 5.41) is 8.96. The number of ether oxygens (including phenoxy) is 1. The number of anilines is 1. The van der Waals surface area contributed by atoms with Gasteiger partial charge in [-0.1, -0.05) is 12.1 Å². The third kappa shape index (κ3) is 3.29. The van der Waals surface area contributed by atoms with E-state index in [1.165, 1.54) is 6.07 Å². The summed E-state index contributed by atoms with van der Waals surface area (Å²) in [6.07, 6.45) is 1.07. The van der Waals surface area contributed by atoms with Crippen molar-refractivity contribution in [3.8, 4) is 0 Å². The predicted molar refractivity (Wildman–Crippen MR) is 73.8 cm³/mol. The molecule has 0 amide bonds. The third-order valence-electron chi connectivity index (χ3n) is 3.21. The molecule has 2 rings (SSSR count). The normalized spacial score (nSPS) is 19.9. The van der Waals surface area contributed by atoms with Crippen molar-refractivity contribution in [3.63, 3.8) is 0 Å². The van der Waals surface area contributed by atoms with Crippen molar-refractivity contribution in [2.45, 2.75) is 17.4 Å². The van der Waals surface area contributed by atoms with Crippen LogP contribution in [-0.4, -0.2) is 51.5 Å². The van der Waals surface area contributed by atoms with Gasteiger partial charge in [-0.3, -0.25) is 4.79 Å². The second-order valence-corrected chi connectivity index (χ2v) is 6.74. The van der Waals surface area contributed by atoms with Gasteiger partial charge in [-0.05, 0) is 12.1 Å². The number of hydrogen-bond acceptors (Lipinski definition) is 5. The van der Waals surface area contributed by atoms with Crippen LogP contribution in [0.15, 0.2) is 29.2 Å². The summed E-state index contributed by atoms with van der Waals surface area (Å²) in [5.41, 5.74) is 0.546. The number of benzene rings is 1. The van der Waals surface area contributed by atoms with Crippen molar-refractivity contribution in [1.29, 1.82) is 0 Å². The molecule has 0 saturated carbocycles. The van der Waals surface area contributed by atoms with Crippen LogP contribution in [0.25, 0.3) is 0 Å². The number of carboxylic acid groups (broad SMARTS) is 1. The van der Waals surface area contributed by atoms with Gasteiger partial charge in [0.05, 0.1) is 36.3 Å². The number of hydrogen-bond donors (Lipinski definition) is 1. The first-order chi connectivity index (χ1) is 9.39. The van der Waals surface area contributed by atoms with Gasteiger partial charge in [0, 0.05) is 12.8 Å². The standard InChI is InChI=1S/C13H17NO5S/c1-20(17,18)12-5-3-2-4-11(12)14-6-7-19-9-10(14)8-13(15)16/h2-5,10H,6-9H2,1H3,(H,15,16). The Morgan fingerprint density at radius 1 is 1.45 bits per heavy atom. The van der Waals surface area contributed by atoms with Gasteiger partial charge >= 0.3 is 5.97 Å². The van der Waals surface area contributed by atoms with E-state index in [9.17, 15) is 13.2 Å². The first-order valence-corrected chi connectivity index (χ1v) is 8.14. The Bertz CT molecular complexity index is 599. The number of rotatable bonds is 4. The first-order valence-electron chi connectivity index (χ1n) is 6.25. The number of morpholine rings is 1. The topological polar surface area (TPSA) is 83.9 Å². The van der Waals surface area contributed by atoms with Crippen molar-refractivity contribution in [2.24, 2.45) is 0 Å². The molecule has 20 heavy (non-hydrogen) atoms. The predicted octanol–water partition coefficient (Wildman–Crippen LogP) is 0.770. The maximum absolute atomic E-state index is 11.9. The molecule has 1 aromatic carbocycles. The quantitative estimate of drug-likeness (QED) is 0.884. The van der Waals surface area contributed by atoms with E-state index in [2.05, 4.69) is 0 Å². The molecular formula is C13H17NO5S. The molecule has 1 heterocycles. The monoisotopic (exact) mass is 299 g/mol. The van der Waals surface area contributed by atoms with E-state index in [0.29, 0.717) is 18.8 Å². The summed E-state index contributed by atoms with van der Waals surface area (Å²) in [7, 11) is -3.36. The minimum Gasteiger partial charge on any atom is -0.481 e. The fourth-order valence-corrected chi connectivity index (χ4v) is 3.24. The van der Waals surface area contributed by atoms with Gasteiger partial charge in [0.2, 0.25) is 0 Å². The molecule has 1 unspecified atom stereocenters. The van der Waals surface area contributed by atoms with Crippen LogP contribution in [0.1, 0.15) is 6.42 Å². The van der Waals surface area contributed by atoms with Crippen LogP contribution in [0.4, 0.5) is 5.69 Å². The Hall–Kier alpha value is -1.60. The Labute approximate surface area is 117 Å². The molecule has 1 aromatic rings. The van der Waals surface area contributed by atoms with Gasteiger partial charge in [0.1, 0.15) is 0 Å². The molecule has 0 radical (unpaired) electrons. The summed E-state index contributed by atoms with van der Waals surface area (Å²) < 4.78 is 29.0. The molecule has 1 N–H and O–H groups in total. The highest BCUT2D eigenvalue weighted by atomic mass is 32.2. The van der Waals surface area contributed by atoms with Gasteiger partial charge in [-0.2, -0.15) is 0 Å². The number of carbonyl (C=O) groups is 1. The van der Waals surface area contributed by atoms with Crippen molar-refractivity contribution in [3.05, 3.63) is 24.3 Å². The molecular weight excluding hydrogens is 282 g/mol. The Balaban J connectivity index is 2.40. The molecule has 0 aliphatic carbocycles. The van der Waals surface area contributed by atoms with E-state index in [1.54, 1.807) is 18.2 Å². The molecule has 1 aliphatic heterocycles. The fourth-order valence-electron chi connectivity index (χ4n) is 2.35. The molecule has 0 aromatic heterocycles.